The molecule has 0 bridgehead atoms. The molecule has 4 nitrogen and oxygen atoms in total. The lowest BCUT2D eigenvalue weighted by Crippen LogP contribution is -2.41. The van der Waals surface area contributed by atoms with Crippen LogP contribution >= 0.6 is 11.6 Å². The summed E-state index contributed by atoms with van der Waals surface area (Å²) in [5, 5.41) is 18.3. The van der Waals surface area contributed by atoms with Gasteiger partial charge in [0.1, 0.15) is 0 Å². The number of hydrogen-bond acceptors (Lipinski definition) is 3. The average molecular weight is 324 g/mol. The van der Waals surface area contributed by atoms with E-state index in [2.05, 4.69) is 0 Å². The highest BCUT2D eigenvalue weighted by Crippen LogP contribution is 2.19. The Labute approximate surface area is 137 Å². The van der Waals surface area contributed by atoms with Gasteiger partial charge in [0.2, 0.25) is 0 Å². The Morgan fingerprint density at radius 3 is 1.65 bits per heavy atom. The first-order chi connectivity index (χ1) is 11.0. The lowest BCUT2D eigenvalue weighted by Gasteiger charge is -2.15. The molecule has 23 heavy (non-hydrogen) atoms. The molecule has 0 fully saturated rings. The zero-order chi connectivity index (χ0) is 16.6. The molecule has 1 aliphatic heterocycles. The molecule has 0 saturated heterocycles. The summed E-state index contributed by atoms with van der Waals surface area (Å²) in [4.78, 5) is 22.3. The van der Waals surface area contributed by atoms with Gasteiger partial charge in [0.05, 0.1) is 11.1 Å². The highest BCUT2D eigenvalue weighted by atomic mass is 32.2. The van der Waals surface area contributed by atoms with Crippen molar-refractivity contribution in [1.29, 1.82) is 0 Å². The lowest BCUT2D eigenvalue weighted by molar-refractivity contribution is 0.0686. The van der Waals surface area contributed by atoms with Gasteiger partial charge >= 0.3 is 11.9 Å². The predicted octanol–water partition coefficient (Wildman–Crippen LogP) is 2.04. The number of rotatable bonds is 3. The molecule has 1 aliphatic rings. The number of hydrogen-bond donors (Lipinski definition) is 2. The maximum Gasteiger partial charge on any atom is 0.335 e. The smallest absolute Gasteiger partial charge is 0.335 e. The number of carbonyl (C=O) groups is 2. The highest BCUT2D eigenvalue weighted by molar-refractivity contribution is 8.27. The Balaban J connectivity index is 2.18. The minimum Gasteiger partial charge on any atom is -0.478 e. The van der Waals surface area contributed by atoms with E-state index >= 15 is 0 Å². The first-order valence-corrected chi connectivity index (χ1v) is 8.25. The third-order valence-corrected chi connectivity index (χ3v) is 4.89. The van der Waals surface area contributed by atoms with Crippen LogP contribution in [-0.2, 0) is 0 Å². The standard InChI is InChI=1S/C17H13BO4S/c1-23-18-14-6-4-12(16(19)20)8-10(14)2-3-11-9-13(17(21)22)5-7-15(11)18/h2-9H,1H3,(H,19,20)(H,21,22). The van der Waals surface area contributed by atoms with Crippen LogP contribution in [0.15, 0.2) is 36.4 Å². The second-order valence-electron chi connectivity index (χ2n) is 5.25. The zero-order valence-corrected chi connectivity index (χ0v) is 13.1. The fourth-order valence-corrected chi connectivity index (χ4v) is 3.72. The molecule has 3 rings (SSSR count). The predicted molar refractivity (Wildman–Crippen MR) is 94.3 cm³/mol. The SMILES string of the molecule is CSB1c2ccc(C(=O)O)cc2C=Cc2cc(C(=O)O)ccc21. The van der Waals surface area contributed by atoms with Crippen LogP contribution in [0.4, 0.5) is 0 Å². The average Bonchev–Trinajstić information content (AvgIpc) is 2.69. The van der Waals surface area contributed by atoms with Gasteiger partial charge in [-0.1, -0.05) is 35.2 Å². The van der Waals surface area contributed by atoms with Crippen molar-refractivity contribution in [3.8, 4) is 0 Å². The minimum atomic E-state index is -0.961. The molecule has 0 radical (unpaired) electrons. The molecule has 2 aromatic carbocycles. The Morgan fingerprint density at radius 2 is 1.30 bits per heavy atom. The molecule has 2 N–H and O–H groups in total. The summed E-state index contributed by atoms with van der Waals surface area (Å²) in [6, 6.07) is 10.2. The van der Waals surface area contributed by atoms with E-state index in [0.717, 1.165) is 22.1 Å². The van der Waals surface area contributed by atoms with E-state index in [1.165, 1.54) is 0 Å². The van der Waals surface area contributed by atoms with E-state index in [0.29, 0.717) is 0 Å². The summed E-state index contributed by atoms with van der Waals surface area (Å²) in [5.74, 6) is -1.89. The fourth-order valence-electron chi connectivity index (χ4n) is 2.78. The molecule has 6 heteroatoms. The fraction of sp³-hybridized carbons (Fsp3) is 0.0588. The first kappa shape index (κ1) is 15.4. The van der Waals surface area contributed by atoms with Crippen LogP contribution in [0.2, 0.25) is 0 Å². The van der Waals surface area contributed by atoms with Crippen molar-refractivity contribution < 1.29 is 19.8 Å². The molecule has 114 valence electrons. The second-order valence-corrected chi connectivity index (χ2v) is 6.19. The minimum absolute atomic E-state index is 0.0284. The monoisotopic (exact) mass is 324 g/mol. The summed E-state index contributed by atoms with van der Waals surface area (Å²) in [6.07, 6.45) is 5.69. The summed E-state index contributed by atoms with van der Waals surface area (Å²) in [6.45, 7) is 0. The van der Waals surface area contributed by atoms with Crippen LogP contribution in [0.3, 0.4) is 0 Å². The summed E-state index contributed by atoms with van der Waals surface area (Å²) in [7, 11) is 0. The number of benzene rings is 2. The molecule has 0 unspecified atom stereocenters. The van der Waals surface area contributed by atoms with Gasteiger partial charge < -0.3 is 10.2 Å². The Kier molecular flexibility index (Phi) is 4.00. The van der Waals surface area contributed by atoms with Crippen LogP contribution in [0.1, 0.15) is 31.8 Å². The zero-order valence-electron chi connectivity index (χ0n) is 12.3. The summed E-state index contributed by atoms with van der Waals surface area (Å²) in [5.41, 5.74) is 4.23. The van der Waals surface area contributed by atoms with Crippen molar-refractivity contribution >= 4 is 52.6 Å². The van der Waals surface area contributed by atoms with Gasteiger partial charge in [-0.05, 0) is 41.6 Å². The maximum absolute atomic E-state index is 11.2. The van der Waals surface area contributed by atoms with Gasteiger partial charge in [-0.2, -0.15) is 0 Å². The van der Waals surface area contributed by atoms with Crippen LogP contribution in [-0.4, -0.2) is 34.4 Å². The van der Waals surface area contributed by atoms with Crippen LogP contribution in [0, 0.1) is 0 Å². The van der Waals surface area contributed by atoms with E-state index in [1.54, 1.807) is 35.9 Å². The van der Waals surface area contributed by atoms with Crippen molar-refractivity contribution in [3.05, 3.63) is 58.7 Å². The molecule has 0 spiro atoms. The van der Waals surface area contributed by atoms with Gasteiger partial charge in [0.15, 0.2) is 0 Å². The van der Waals surface area contributed by atoms with Crippen LogP contribution in [0.5, 0.6) is 0 Å². The molecule has 0 saturated carbocycles. The number of carboxylic acids is 2. The van der Waals surface area contributed by atoms with E-state index in [9.17, 15) is 9.59 Å². The van der Waals surface area contributed by atoms with E-state index in [1.807, 2.05) is 30.5 Å². The molecular weight excluding hydrogens is 311 g/mol. The van der Waals surface area contributed by atoms with Crippen LogP contribution in [0.25, 0.3) is 12.2 Å². The molecule has 0 aliphatic carbocycles. The van der Waals surface area contributed by atoms with E-state index < -0.39 is 11.9 Å². The Bertz CT molecular complexity index is 777. The Hall–Kier alpha value is -2.47. The van der Waals surface area contributed by atoms with Gasteiger partial charge in [0, 0.05) is 0 Å². The maximum atomic E-state index is 11.2. The number of fused-ring (bicyclic) bond motifs is 2. The van der Waals surface area contributed by atoms with E-state index in [-0.39, 0.29) is 17.1 Å². The quantitative estimate of drug-likeness (QED) is 0.845. The molecule has 0 atom stereocenters. The van der Waals surface area contributed by atoms with Gasteiger partial charge in [-0.25, -0.2) is 21.2 Å². The van der Waals surface area contributed by atoms with Crippen molar-refractivity contribution in [2.45, 2.75) is 0 Å². The molecule has 1 heterocycles. The van der Waals surface area contributed by atoms with Crippen molar-refractivity contribution in [2.24, 2.45) is 0 Å². The molecular formula is C17H13BO4S. The second kappa shape index (κ2) is 5.97. The topological polar surface area (TPSA) is 74.6 Å². The van der Waals surface area contributed by atoms with Crippen molar-refractivity contribution in [1.82, 2.24) is 0 Å². The van der Waals surface area contributed by atoms with Crippen molar-refractivity contribution in [2.75, 3.05) is 6.26 Å². The Morgan fingerprint density at radius 1 is 0.870 bits per heavy atom. The first-order valence-electron chi connectivity index (χ1n) is 6.96. The summed E-state index contributed by atoms with van der Waals surface area (Å²) < 4.78 is 0. The largest absolute Gasteiger partial charge is 0.478 e. The normalized spacial score (nSPS) is 12.3. The van der Waals surface area contributed by atoms with Crippen LogP contribution < -0.4 is 10.9 Å². The molecule has 0 aromatic heterocycles. The highest BCUT2D eigenvalue weighted by Gasteiger charge is 2.26. The van der Waals surface area contributed by atoms with Gasteiger partial charge in [-0.15, -0.1) is 0 Å². The van der Waals surface area contributed by atoms with Gasteiger partial charge in [-0.3, -0.25) is 0 Å². The number of aromatic carboxylic acids is 2. The lowest BCUT2D eigenvalue weighted by atomic mass is 9.59. The molecule has 2 aromatic rings. The molecule has 0 amide bonds. The third-order valence-electron chi connectivity index (χ3n) is 3.91. The number of carboxylic acid groups (broad SMARTS) is 2. The van der Waals surface area contributed by atoms with E-state index in [4.69, 9.17) is 10.2 Å². The van der Waals surface area contributed by atoms with Crippen molar-refractivity contribution in [3.63, 3.8) is 0 Å². The van der Waals surface area contributed by atoms with Gasteiger partial charge in [0.25, 0.3) is 5.99 Å². The summed E-state index contributed by atoms with van der Waals surface area (Å²) >= 11 is 1.64. The third kappa shape index (κ3) is 2.77.